The number of para-hydroxylation sites is 1. The van der Waals surface area contributed by atoms with Crippen LogP contribution in [-0.4, -0.2) is 50.2 Å². The van der Waals surface area contributed by atoms with Gasteiger partial charge in [0.05, 0.1) is 5.69 Å². The molecule has 35 heavy (non-hydrogen) atoms. The highest BCUT2D eigenvalue weighted by molar-refractivity contribution is 7.94. The van der Waals surface area contributed by atoms with Gasteiger partial charge in [0.25, 0.3) is 0 Å². The lowest BCUT2D eigenvalue weighted by Crippen LogP contribution is -2.48. The van der Waals surface area contributed by atoms with Crippen LogP contribution < -0.4 is 4.31 Å². The Bertz CT molecular complexity index is 1140. The number of hydrogen-bond donors (Lipinski definition) is 1. The van der Waals surface area contributed by atoms with Crippen molar-refractivity contribution in [3.63, 3.8) is 0 Å². The molecular formula is C24H28F4N2O4S. The molecule has 0 atom stereocenters. The first-order valence-corrected chi connectivity index (χ1v) is 12.6. The highest BCUT2D eigenvalue weighted by Crippen LogP contribution is 2.52. The number of rotatable bonds is 4. The van der Waals surface area contributed by atoms with Gasteiger partial charge in [0.15, 0.2) is 0 Å². The van der Waals surface area contributed by atoms with E-state index < -0.39 is 26.9 Å². The van der Waals surface area contributed by atoms with Crippen LogP contribution in [0.1, 0.15) is 37.8 Å². The normalized spacial score (nSPS) is 18.8. The van der Waals surface area contributed by atoms with E-state index in [2.05, 4.69) is 18.7 Å². The molecule has 0 amide bonds. The van der Waals surface area contributed by atoms with Crippen LogP contribution in [0.5, 0.6) is 0 Å². The molecule has 1 N–H and O–H groups in total. The molecule has 2 aromatic carbocycles. The number of aliphatic carboxylic acids is 1. The minimum atomic E-state index is -5.08. The summed E-state index contributed by atoms with van der Waals surface area (Å²) in [6.45, 7) is 6.75. The van der Waals surface area contributed by atoms with Crippen LogP contribution in [0.2, 0.25) is 0 Å². The Morgan fingerprint density at radius 2 is 1.60 bits per heavy atom. The van der Waals surface area contributed by atoms with E-state index in [0.29, 0.717) is 39.0 Å². The van der Waals surface area contributed by atoms with Crippen molar-refractivity contribution >= 4 is 21.7 Å². The molecule has 2 aliphatic rings. The van der Waals surface area contributed by atoms with Gasteiger partial charge in [-0.15, -0.1) is 0 Å². The molecule has 192 valence electrons. The number of nitrogens with zero attached hydrogens (tertiary/aromatic N) is 2. The zero-order valence-electron chi connectivity index (χ0n) is 19.4. The number of carbonyl (C=O) groups is 1. The summed E-state index contributed by atoms with van der Waals surface area (Å²) in [5, 5.41) is 7.12. The predicted molar refractivity (Wildman–Crippen MR) is 124 cm³/mol. The standard InChI is InChI=1S/C22H27FN2O2S.C2HF3O2/c1-17(2)15-25-21-6-4-3-5-20(21)22(28(25,26)27)11-13-24(14-12-22)16-18-7-9-19(23)10-8-18;3-2(4,5)1(6)7/h3-10,17H,11-16H2,1-2H3;(H,6,7). The molecule has 2 aliphatic heterocycles. The smallest absolute Gasteiger partial charge is 0.475 e. The van der Waals surface area contributed by atoms with Gasteiger partial charge in [-0.05, 0) is 48.1 Å². The number of hydrogen-bond acceptors (Lipinski definition) is 4. The number of sulfonamides is 1. The highest BCUT2D eigenvalue weighted by Gasteiger charge is 2.56. The summed E-state index contributed by atoms with van der Waals surface area (Å²) in [5.74, 6) is -2.73. The second-order valence-electron chi connectivity index (χ2n) is 9.15. The summed E-state index contributed by atoms with van der Waals surface area (Å²) >= 11 is 0. The van der Waals surface area contributed by atoms with Gasteiger partial charge in [0.2, 0.25) is 10.0 Å². The van der Waals surface area contributed by atoms with Gasteiger partial charge < -0.3 is 5.11 Å². The number of benzene rings is 2. The molecule has 0 aliphatic carbocycles. The second kappa shape index (κ2) is 10.1. The van der Waals surface area contributed by atoms with Gasteiger partial charge in [-0.3, -0.25) is 9.21 Å². The minimum absolute atomic E-state index is 0.236. The maximum Gasteiger partial charge on any atom is 0.490 e. The van der Waals surface area contributed by atoms with Crippen molar-refractivity contribution in [1.29, 1.82) is 0 Å². The van der Waals surface area contributed by atoms with E-state index in [1.54, 1.807) is 16.4 Å². The van der Waals surface area contributed by atoms with E-state index in [9.17, 15) is 26.0 Å². The van der Waals surface area contributed by atoms with Crippen molar-refractivity contribution in [3.05, 3.63) is 65.5 Å². The summed E-state index contributed by atoms with van der Waals surface area (Å²) in [6, 6.07) is 14.3. The van der Waals surface area contributed by atoms with Crippen LogP contribution in [0.15, 0.2) is 48.5 Å². The largest absolute Gasteiger partial charge is 0.490 e. The fraction of sp³-hybridized carbons (Fsp3) is 0.458. The first-order valence-electron chi connectivity index (χ1n) is 11.2. The molecule has 0 saturated carbocycles. The molecule has 1 spiro atoms. The third kappa shape index (κ3) is 5.61. The fourth-order valence-corrected chi connectivity index (χ4v) is 7.01. The molecule has 0 bridgehead atoms. The van der Waals surface area contributed by atoms with Gasteiger partial charge in [0, 0.05) is 26.2 Å². The monoisotopic (exact) mass is 516 g/mol. The van der Waals surface area contributed by atoms with Crippen LogP contribution in [0.25, 0.3) is 0 Å². The van der Waals surface area contributed by atoms with E-state index in [1.807, 2.05) is 24.3 Å². The average Bonchev–Trinajstić information content (AvgIpc) is 2.95. The van der Waals surface area contributed by atoms with Crippen molar-refractivity contribution in [2.45, 2.75) is 44.2 Å². The maximum atomic E-state index is 13.6. The number of alkyl halides is 3. The summed E-state index contributed by atoms with van der Waals surface area (Å²) in [6.07, 6.45) is -3.91. The van der Waals surface area contributed by atoms with Crippen molar-refractivity contribution in [1.82, 2.24) is 4.90 Å². The Balaban J connectivity index is 0.000000429. The number of halogens is 4. The molecular weight excluding hydrogens is 488 g/mol. The number of piperidine rings is 1. The molecule has 2 heterocycles. The molecule has 0 unspecified atom stereocenters. The number of fused-ring (bicyclic) bond motifs is 2. The Morgan fingerprint density at radius 1 is 1.06 bits per heavy atom. The maximum absolute atomic E-state index is 13.6. The predicted octanol–water partition coefficient (Wildman–Crippen LogP) is 4.76. The van der Waals surface area contributed by atoms with Gasteiger partial charge in [-0.1, -0.05) is 44.2 Å². The Labute approximate surface area is 202 Å². The van der Waals surface area contributed by atoms with Crippen molar-refractivity contribution < 1.29 is 35.9 Å². The topological polar surface area (TPSA) is 77.9 Å². The summed E-state index contributed by atoms with van der Waals surface area (Å²) in [7, 11) is -3.45. The Hall–Kier alpha value is -2.66. The molecule has 4 rings (SSSR count). The summed E-state index contributed by atoms with van der Waals surface area (Å²) in [4.78, 5) is 11.2. The van der Waals surface area contributed by atoms with Crippen molar-refractivity contribution in [3.8, 4) is 0 Å². The van der Waals surface area contributed by atoms with Gasteiger partial charge in [0.1, 0.15) is 10.6 Å². The number of likely N-dealkylation sites (tertiary alicyclic amines) is 1. The first-order chi connectivity index (χ1) is 16.3. The van der Waals surface area contributed by atoms with Gasteiger partial charge >= 0.3 is 12.1 Å². The Morgan fingerprint density at radius 3 is 2.11 bits per heavy atom. The molecule has 1 fully saturated rings. The SMILES string of the molecule is CC(C)CN1c2ccccc2C2(CCN(Cc3ccc(F)cc3)CC2)S1(=O)=O.O=C(O)C(F)(F)F. The third-order valence-electron chi connectivity index (χ3n) is 6.20. The van der Waals surface area contributed by atoms with Crippen LogP contribution in [0.3, 0.4) is 0 Å². The molecule has 0 radical (unpaired) electrons. The van der Waals surface area contributed by atoms with Crippen molar-refractivity contribution in [2.24, 2.45) is 5.92 Å². The van der Waals surface area contributed by atoms with E-state index in [1.165, 1.54) is 12.1 Å². The fourth-order valence-electron chi connectivity index (χ4n) is 4.53. The first kappa shape index (κ1) is 26.9. The Kier molecular flexibility index (Phi) is 7.80. The number of carboxylic acid groups (broad SMARTS) is 1. The second-order valence-corrected chi connectivity index (χ2v) is 11.3. The molecule has 1 saturated heterocycles. The molecule has 6 nitrogen and oxygen atoms in total. The lowest BCUT2D eigenvalue weighted by molar-refractivity contribution is -0.192. The van der Waals surface area contributed by atoms with E-state index in [-0.39, 0.29) is 11.7 Å². The zero-order chi connectivity index (χ0) is 26.0. The molecule has 0 aromatic heterocycles. The zero-order valence-corrected chi connectivity index (χ0v) is 20.2. The van der Waals surface area contributed by atoms with Crippen LogP contribution in [-0.2, 0) is 26.1 Å². The summed E-state index contributed by atoms with van der Waals surface area (Å²) < 4.78 is 73.0. The number of carboxylic acids is 1. The average molecular weight is 517 g/mol. The van der Waals surface area contributed by atoms with E-state index in [4.69, 9.17) is 9.90 Å². The lowest BCUT2D eigenvalue weighted by atomic mass is 9.87. The molecule has 2 aromatic rings. The van der Waals surface area contributed by atoms with Crippen LogP contribution in [0, 0.1) is 11.7 Å². The van der Waals surface area contributed by atoms with Gasteiger partial charge in [-0.25, -0.2) is 17.6 Å². The number of anilines is 1. The van der Waals surface area contributed by atoms with Crippen LogP contribution in [0.4, 0.5) is 23.2 Å². The molecule has 11 heteroatoms. The third-order valence-corrected chi connectivity index (χ3v) is 8.75. The quantitative estimate of drug-likeness (QED) is 0.594. The summed E-state index contributed by atoms with van der Waals surface area (Å²) in [5.41, 5.74) is 2.86. The van der Waals surface area contributed by atoms with Gasteiger partial charge in [-0.2, -0.15) is 13.2 Å². The van der Waals surface area contributed by atoms with Crippen LogP contribution >= 0.6 is 0 Å². The lowest BCUT2D eigenvalue weighted by Gasteiger charge is -2.39. The highest BCUT2D eigenvalue weighted by atomic mass is 32.2. The van der Waals surface area contributed by atoms with E-state index >= 15 is 0 Å². The minimum Gasteiger partial charge on any atom is -0.475 e. The van der Waals surface area contributed by atoms with Crippen molar-refractivity contribution in [2.75, 3.05) is 23.9 Å². The van der Waals surface area contributed by atoms with E-state index in [0.717, 1.165) is 16.8 Å².